The third-order valence-electron chi connectivity index (χ3n) is 7.18. The molecule has 4 unspecified atom stereocenters. The van der Waals surface area contributed by atoms with Crippen molar-refractivity contribution in [2.75, 3.05) is 17.6 Å². The van der Waals surface area contributed by atoms with E-state index in [1.807, 2.05) is 50.8 Å². The zero-order chi connectivity index (χ0) is 26.9. The van der Waals surface area contributed by atoms with Gasteiger partial charge in [-0.1, -0.05) is 43.3 Å². The maximum atomic E-state index is 13.6. The van der Waals surface area contributed by atoms with Gasteiger partial charge in [0.2, 0.25) is 17.7 Å². The molecule has 3 N–H and O–H groups in total. The van der Waals surface area contributed by atoms with E-state index in [0.717, 1.165) is 16.8 Å². The number of thioether (sulfide) groups is 1. The average Bonchev–Trinajstić information content (AvgIpc) is 3.25. The number of nitrogens with one attached hydrogen (secondary N) is 3. The molecule has 1 aliphatic carbocycles. The number of benzene rings is 1. The van der Waals surface area contributed by atoms with E-state index in [1.165, 1.54) is 11.8 Å². The minimum absolute atomic E-state index is 0.0493. The zero-order valence-corrected chi connectivity index (χ0v) is 23.5. The lowest BCUT2D eigenvalue weighted by atomic mass is 9.75. The van der Waals surface area contributed by atoms with Crippen molar-refractivity contribution in [3.63, 3.8) is 0 Å². The van der Waals surface area contributed by atoms with E-state index in [1.54, 1.807) is 0 Å². The summed E-state index contributed by atoms with van der Waals surface area (Å²) in [5.41, 5.74) is 6.13. The fraction of sp³-hybridized carbons (Fsp3) is 0.630. The largest absolute Gasteiger partial charge is 0.354 e. The topological polar surface area (TPSA) is 106 Å². The van der Waals surface area contributed by atoms with Crippen molar-refractivity contribution in [3.8, 4) is 0 Å². The van der Waals surface area contributed by atoms with Gasteiger partial charge < -0.3 is 20.4 Å². The minimum atomic E-state index is -0.395. The first kappa shape index (κ1) is 27.3. The number of fused-ring (bicyclic) bond motifs is 3. The van der Waals surface area contributed by atoms with Crippen LogP contribution in [0.1, 0.15) is 58.1 Å². The Kier molecular flexibility index (Phi) is 8.36. The smallest absolute Gasteiger partial charge is 0.234 e. The predicted octanol–water partition coefficient (Wildman–Crippen LogP) is 3.24. The second-order valence-electron chi connectivity index (χ2n) is 11.2. The number of nitrogens with zero attached hydrogens (tertiary/aromatic N) is 3. The van der Waals surface area contributed by atoms with E-state index in [9.17, 15) is 14.4 Å². The van der Waals surface area contributed by atoms with Crippen molar-refractivity contribution in [2.24, 2.45) is 22.9 Å². The first-order chi connectivity index (χ1) is 17.5. The molecule has 2 aliphatic heterocycles. The highest BCUT2D eigenvalue weighted by molar-refractivity contribution is 8.14. The van der Waals surface area contributed by atoms with E-state index < -0.39 is 6.29 Å². The zero-order valence-electron chi connectivity index (χ0n) is 22.7. The van der Waals surface area contributed by atoms with Crippen LogP contribution in [-0.4, -0.2) is 63.4 Å². The fourth-order valence-electron chi connectivity index (χ4n) is 5.56. The van der Waals surface area contributed by atoms with Gasteiger partial charge in [0.15, 0.2) is 11.5 Å². The van der Waals surface area contributed by atoms with Crippen LogP contribution in [0.5, 0.6) is 0 Å². The molecule has 10 heteroatoms. The van der Waals surface area contributed by atoms with E-state index in [4.69, 9.17) is 0 Å². The summed E-state index contributed by atoms with van der Waals surface area (Å²) in [6.45, 7) is 12.7. The molecule has 2 fully saturated rings. The molecule has 0 aromatic heterocycles. The third-order valence-corrected chi connectivity index (χ3v) is 8.15. The summed E-state index contributed by atoms with van der Waals surface area (Å²) in [5.74, 6) is 0.241. The van der Waals surface area contributed by atoms with Gasteiger partial charge in [0.1, 0.15) is 0 Å². The second kappa shape index (κ2) is 11.3. The van der Waals surface area contributed by atoms with Crippen LogP contribution in [0.4, 0.5) is 5.69 Å². The highest BCUT2D eigenvalue weighted by atomic mass is 32.2. The van der Waals surface area contributed by atoms with Crippen molar-refractivity contribution in [1.82, 2.24) is 20.5 Å². The molecule has 0 bridgehead atoms. The van der Waals surface area contributed by atoms with Gasteiger partial charge in [-0.2, -0.15) is 5.10 Å². The third kappa shape index (κ3) is 6.05. The average molecular weight is 529 g/mol. The first-order valence-electron chi connectivity index (χ1n) is 13.3. The first-order valence-corrected chi connectivity index (χ1v) is 14.3. The van der Waals surface area contributed by atoms with Gasteiger partial charge in [-0.25, -0.2) is 0 Å². The Hall–Kier alpha value is -2.75. The number of hydrazone groups is 1. The van der Waals surface area contributed by atoms with Crippen molar-refractivity contribution < 1.29 is 14.4 Å². The van der Waals surface area contributed by atoms with Crippen LogP contribution in [0, 0.1) is 31.6 Å². The van der Waals surface area contributed by atoms with Gasteiger partial charge in [0.05, 0.1) is 11.7 Å². The molecule has 37 heavy (non-hydrogen) atoms. The Morgan fingerprint density at radius 1 is 1.19 bits per heavy atom. The SMILES string of the molecule is Cc1ccc(NC(=O)CSC2=NNC3N(CC(C)C)C(=O)C4CCC(C(=O)NC(C)C)CC4N23)c(C)c1. The maximum absolute atomic E-state index is 13.6. The molecule has 4 atom stereocenters. The quantitative estimate of drug-likeness (QED) is 0.502. The number of anilines is 1. The molecule has 3 amide bonds. The number of hydrogen-bond donors (Lipinski definition) is 3. The Morgan fingerprint density at radius 3 is 2.62 bits per heavy atom. The monoisotopic (exact) mass is 528 g/mol. The van der Waals surface area contributed by atoms with Crippen molar-refractivity contribution >= 4 is 40.3 Å². The molecule has 0 spiro atoms. The molecular formula is C27H40N6O3S. The lowest BCUT2D eigenvalue weighted by molar-refractivity contribution is -0.158. The highest BCUT2D eigenvalue weighted by Gasteiger charge is 2.53. The molecule has 202 valence electrons. The molecule has 0 radical (unpaired) electrons. The van der Waals surface area contributed by atoms with Gasteiger partial charge in [-0.3, -0.25) is 19.8 Å². The molecule has 1 saturated heterocycles. The van der Waals surface area contributed by atoms with Crippen LogP contribution in [0.3, 0.4) is 0 Å². The lowest BCUT2D eigenvalue weighted by Gasteiger charge is -2.51. The predicted molar refractivity (Wildman–Crippen MR) is 148 cm³/mol. The molecule has 2 heterocycles. The van der Waals surface area contributed by atoms with Gasteiger partial charge in [-0.15, -0.1) is 0 Å². The summed E-state index contributed by atoms with van der Waals surface area (Å²) in [5, 5.41) is 11.3. The molecule has 1 aromatic carbocycles. The Bertz CT molecular complexity index is 1070. The number of amidine groups is 1. The van der Waals surface area contributed by atoms with Crippen LogP contribution in [0.25, 0.3) is 0 Å². The summed E-state index contributed by atoms with van der Waals surface area (Å²) in [6, 6.07) is 5.88. The lowest BCUT2D eigenvalue weighted by Crippen LogP contribution is -2.68. The van der Waals surface area contributed by atoms with E-state index in [2.05, 4.69) is 39.9 Å². The van der Waals surface area contributed by atoms with Crippen LogP contribution in [0.15, 0.2) is 23.3 Å². The van der Waals surface area contributed by atoms with Gasteiger partial charge in [0.25, 0.3) is 0 Å². The number of amides is 3. The van der Waals surface area contributed by atoms with Crippen molar-refractivity contribution in [3.05, 3.63) is 29.3 Å². The summed E-state index contributed by atoms with van der Waals surface area (Å²) >= 11 is 1.37. The van der Waals surface area contributed by atoms with Crippen LogP contribution in [-0.2, 0) is 14.4 Å². The number of aryl methyl sites for hydroxylation is 2. The molecule has 1 saturated carbocycles. The molecule has 4 rings (SSSR count). The summed E-state index contributed by atoms with van der Waals surface area (Å²) < 4.78 is 0. The van der Waals surface area contributed by atoms with Gasteiger partial charge in [0, 0.05) is 30.2 Å². The Labute approximate surface area is 224 Å². The molecular weight excluding hydrogens is 488 g/mol. The summed E-state index contributed by atoms with van der Waals surface area (Å²) in [4.78, 5) is 43.3. The normalized spacial score (nSPS) is 25.0. The number of carbonyl (C=O) groups excluding carboxylic acids is 3. The maximum Gasteiger partial charge on any atom is 0.234 e. The second-order valence-corrected chi connectivity index (χ2v) is 12.1. The standard InChI is InChI=1S/C27H40N6O3S/c1-15(2)13-32-25(36)20-9-8-19(24(35)28-16(3)4)12-22(20)33-26(32)30-31-27(33)37-14-23(34)29-21-10-7-17(5)11-18(21)6/h7,10-11,15-16,19-20,22,26,30H,8-9,12-14H2,1-6H3,(H,28,35)(H,29,34). The van der Waals surface area contributed by atoms with Crippen LogP contribution in [0.2, 0.25) is 0 Å². The summed E-state index contributed by atoms with van der Waals surface area (Å²) in [6.07, 6.45) is 1.57. The Balaban J connectivity index is 1.49. The van der Waals surface area contributed by atoms with Crippen molar-refractivity contribution in [1.29, 1.82) is 0 Å². The van der Waals surface area contributed by atoms with Gasteiger partial charge in [-0.05, 0) is 64.5 Å². The van der Waals surface area contributed by atoms with Crippen molar-refractivity contribution in [2.45, 2.75) is 79.2 Å². The molecule has 9 nitrogen and oxygen atoms in total. The minimum Gasteiger partial charge on any atom is -0.354 e. The van der Waals surface area contributed by atoms with E-state index >= 15 is 0 Å². The van der Waals surface area contributed by atoms with E-state index in [0.29, 0.717) is 36.9 Å². The Morgan fingerprint density at radius 2 is 1.95 bits per heavy atom. The van der Waals surface area contributed by atoms with Crippen LogP contribution < -0.4 is 16.1 Å². The molecule has 3 aliphatic rings. The molecule has 1 aromatic rings. The fourth-order valence-corrected chi connectivity index (χ4v) is 6.39. The number of hydrogen-bond acceptors (Lipinski definition) is 7. The van der Waals surface area contributed by atoms with Crippen LogP contribution >= 0.6 is 11.8 Å². The van der Waals surface area contributed by atoms with Gasteiger partial charge >= 0.3 is 0 Å². The van der Waals surface area contributed by atoms with E-state index in [-0.39, 0.29) is 47.4 Å². The number of carbonyl (C=O) groups is 3. The number of rotatable bonds is 7. The highest BCUT2D eigenvalue weighted by Crippen LogP contribution is 2.41. The summed E-state index contributed by atoms with van der Waals surface area (Å²) in [7, 11) is 0.